The lowest BCUT2D eigenvalue weighted by Gasteiger charge is -2.11. The Morgan fingerprint density at radius 2 is 2.50 bits per heavy atom. The largest absolute Gasteiger partial charge is 0.396 e. The Bertz CT molecular complexity index is 468. The Kier molecular flexibility index (Phi) is 3.81. The number of fused-ring (bicyclic) bond motifs is 1. The van der Waals surface area contributed by atoms with Crippen LogP contribution in [0, 0.1) is 0 Å². The zero-order chi connectivity index (χ0) is 11.5. The molecule has 2 heterocycles. The molecule has 6 heteroatoms. The number of hydrogen-bond acceptors (Lipinski definition) is 4. The predicted molar refractivity (Wildman–Crippen MR) is 66.1 cm³/mol. The van der Waals surface area contributed by atoms with Crippen molar-refractivity contribution in [3.05, 3.63) is 22.4 Å². The first-order valence-corrected chi connectivity index (χ1v) is 6.42. The zero-order valence-electron chi connectivity index (χ0n) is 8.98. The fourth-order valence-corrected chi connectivity index (χ4v) is 2.55. The highest BCUT2D eigenvalue weighted by atomic mass is 35.5. The Hall–Kier alpha value is -0.620. The molecule has 0 saturated heterocycles. The highest BCUT2D eigenvalue weighted by molar-refractivity contribution is 7.15. The van der Waals surface area contributed by atoms with Crippen molar-refractivity contribution >= 4 is 27.9 Å². The molecule has 0 fully saturated rings. The SMILES string of the molecule is C[C@H](CCO)NCc1c(Cl)nc2sccn12. The molecule has 0 saturated carbocycles. The summed E-state index contributed by atoms with van der Waals surface area (Å²) >= 11 is 7.62. The van der Waals surface area contributed by atoms with Gasteiger partial charge in [0.1, 0.15) is 0 Å². The summed E-state index contributed by atoms with van der Waals surface area (Å²) in [4.78, 5) is 5.17. The minimum Gasteiger partial charge on any atom is -0.396 e. The monoisotopic (exact) mass is 259 g/mol. The Labute approximate surface area is 103 Å². The highest BCUT2D eigenvalue weighted by Crippen LogP contribution is 2.21. The normalized spacial score (nSPS) is 13.4. The van der Waals surface area contributed by atoms with Crippen LogP contribution < -0.4 is 5.32 Å². The number of aromatic nitrogens is 2. The molecule has 2 aromatic heterocycles. The van der Waals surface area contributed by atoms with Crippen molar-refractivity contribution in [2.24, 2.45) is 0 Å². The van der Waals surface area contributed by atoms with Crippen molar-refractivity contribution in [3.8, 4) is 0 Å². The summed E-state index contributed by atoms with van der Waals surface area (Å²) < 4.78 is 1.99. The molecule has 4 nitrogen and oxygen atoms in total. The number of halogens is 1. The van der Waals surface area contributed by atoms with Gasteiger partial charge in [0.05, 0.1) is 5.69 Å². The topological polar surface area (TPSA) is 49.6 Å². The standard InChI is InChI=1S/C10H14ClN3OS/c1-7(2-4-15)12-6-8-9(11)13-10-14(8)3-5-16-10/h3,5,7,12,15H,2,4,6H2,1H3/t7-/m1/s1. The van der Waals surface area contributed by atoms with Gasteiger partial charge in [0.15, 0.2) is 10.1 Å². The Morgan fingerprint density at radius 3 is 3.25 bits per heavy atom. The van der Waals surface area contributed by atoms with Gasteiger partial charge in [-0.15, -0.1) is 11.3 Å². The molecule has 0 aliphatic carbocycles. The van der Waals surface area contributed by atoms with Gasteiger partial charge in [0, 0.05) is 30.8 Å². The zero-order valence-corrected chi connectivity index (χ0v) is 10.6. The molecule has 1 atom stereocenters. The van der Waals surface area contributed by atoms with Gasteiger partial charge in [-0.05, 0) is 13.3 Å². The van der Waals surface area contributed by atoms with Crippen molar-refractivity contribution in [2.45, 2.75) is 25.9 Å². The molecule has 0 amide bonds. The van der Waals surface area contributed by atoms with E-state index >= 15 is 0 Å². The maximum absolute atomic E-state index is 8.81. The number of thiazole rings is 1. The third-order valence-corrected chi connectivity index (χ3v) is 3.55. The minimum absolute atomic E-state index is 0.197. The average Bonchev–Trinajstić information content (AvgIpc) is 2.76. The van der Waals surface area contributed by atoms with E-state index in [0.29, 0.717) is 11.7 Å². The first-order valence-electron chi connectivity index (χ1n) is 5.16. The summed E-state index contributed by atoms with van der Waals surface area (Å²) in [5, 5.41) is 14.7. The first-order chi connectivity index (χ1) is 7.72. The maximum Gasteiger partial charge on any atom is 0.195 e. The number of nitrogens with one attached hydrogen (secondary N) is 1. The van der Waals surface area contributed by atoms with E-state index in [9.17, 15) is 0 Å². The van der Waals surface area contributed by atoms with Crippen molar-refractivity contribution in [1.29, 1.82) is 0 Å². The number of aliphatic hydroxyl groups is 1. The third-order valence-electron chi connectivity index (χ3n) is 2.49. The van der Waals surface area contributed by atoms with E-state index in [4.69, 9.17) is 16.7 Å². The van der Waals surface area contributed by atoms with Gasteiger partial charge in [-0.1, -0.05) is 11.6 Å². The van der Waals surface area contributed by atoms with E-state index < -0.39 is 0 Å². The minimum atomic E-state index is 0.197. The molecule has 2 rings (SSSR count). The molecule has 0 aliphatic rings. The van der Waals surface area contributed by atoms with E-state index in [1.807, 2.05) is 22.9 Å². The summed E-state index contributed by atoms with van der Waals surface area (Å²) in [5.74, 6) is 0. The fraction of sp³-hybridized carbons (Fsp3) is 0.500. The van der Waals surface area contributed by atoms with Gasteiger partial charge < -0.3 is 10.4 Å². The smallest absolute Gasteiger partial charge is 0.195 e. The van der Waals surface area contributed by atoms with Crippen LogP contribution in [-0.2, 0) is 6.54 Å². The van der Waals surface area contributed by atoms with Crippen LogP contribution in [0.25, 0.3) is 4.96 Å². The van der Waals surface area contributed by atoms with Crippen LogP contribution in [0.2, 0.25) is 5.15 Å². The van der Waals surface area contributed by atoms with E-state index in [0.717, 1.165) is 17.1 Å². The van der Waals surface area contributed by atoms with Crippen molar-refractivity contribution in [1.82, 2.24) is 14.7 Å². The molecule has 16 heavy (non-hydrogen) atoms. The van der Waals surface area contributed by atoms with Crippen LogP contribution in [0.15, 0.2) is 11.6 Å². The molecule has 88 valence electrons. The lowest BCUT2D eigenvalue weighted by molar-refractivity contribution is 0.268. The maximum atomic E-state index is 8.81. The number of aliphatic hydroxyl groups excluding tert-OH is 1. The van der Waals surface area contributed by atoms with Crippen LogP contribution in [0.4, 0.5) is 0 Å². The molecule has 0 spiro atoms. The summed E-state index contributed by atoms with van der Waals surface area (Å²) in [6.07, 6.45) is 2.70. The van der Waals surface area contributed by atoms with Gasteiger partial charge in [-0.2, -0.15) is 0 Å². The second-order valence-electron chi connectivity index (χ2n) is 3.70. The quantitative estimate of drug-likeness (QED) is 0.863. The second-order valence-corrected chi connectivity index (χ2v) is 4.93. The van der Waals surface area contributed by atoms with Crippen LogP contribution in [0.3, 0.4) is 0 Å². The number of rotatable bonds is 5. The van der Waals surface area contributed by atoms with Gasteiger partial charge in [-0.3, -0.25) is 4.40 Å². The summed E-state index contributed by atoms with van der Waals surface area (Å²) in [6, 6.07) is 0.269. The average molecular weight is 260 g/mol. The molecule has 2 N–H and O–H groups in total. The van der Waals surface area contributed by atoms with Crippen LogP contribution in [-0.4, -0.2) is 27.1 Å². The predicted octanol–water partition coefficient (Wildman–Crippen LogP) is 1.91. The van der Waals surface area contributed by atoms with E-state index in [2.05, 4.69) is 10.3 Å². The number of hydrogen-bond donors (Lipinski definition) is 2. The number of nitrogens with zero attached hydrogens (tertiary/aromatic N) is 2. The van der Waals surface area contributed by atoms with E-state index in [1.54, 1.807) is 11.3 Å². The molecular formula is C10H14ClN3OS. The van der Waals surface area contributed by atoms with Crippen molar-refractivity contribution < 1.29 is 5.11 Å². The third kappa shape index (κ3) is 2.38. The van der Waals surface area contributed by atoms with Crippen LogP contribution >= 0.6 is 22.9 Å². The van der Waals surface area contributed by atoms with Gasteiger partial charge in [-0.25, -0.2) is 4.98 Å². The summed E-state index contributed by atoms with van der Waals surface area (Å²) in [5.41, 5.74) is 0.975. The molecule has 0 aliphatic heterocycles. The van der Waals surface area contributed by atoms with Gasteiger partial charge in [0.2, 0.25) is 0 Å². The summed E-state index contributed by atoms with van der Waals surface area (Å²) in [7, 11) is 0. The molecule has 0 aromatic carbocycles. The van der Waals surface area contributed by atoms with Gasteiger partial charge in [0.25, 0.3) is 0 Å². The molecule has 0 radical (unpaired) electrons. The Morgan fingerprint density at radius 1 is 1.69 bits per heavy atom. The lowest BCUT2D eigenvalue weighted by Crippen LogP contribution is -2.26. The molecule has 0 unspecified atom stereocenters. The second kappa shape index (κ2) is 5.14. The lowest BCUT2D eigenvalue weighted by atomic mass is 10.2. The molecular weight excluding hydrogens is 246 g/mol. The first kappa shape index (κ1) is 11.9. The summed E-state index contributed by atoms with van der Waals surface area (Å²) in [6.45, 7) is 2.90. The highest BCUT2D eigenvalue weighted by Gasteiger charge is 2.11. The fourth-order valence-electron chi connectivity index (χ4n) is 1.53. The molecule has 0 bridgehead atoms. The van der Waals surface area contributed by atoms with E-state index in [-0.39, 0.29) is 12.6 Å². The van der Waals surface area contributed by atoms with Gasteiger partial charge >= 0.3 is 0 Å². The van der Waals surface area contributed by atoms with E-state index in [1.165, 1.54) is 0 Å². The van der Waals surface area contributed by atoms with Crippen molar-refractivity contribution in [3.63, 3.8) is 0 Å². The van der Waals surface area contributed by atoms with Crippen LogP contribution in [0.5, 0.6) is 0 Å². The Balaban J connectivity index is 2.08. The number of imidazole rings is 1. The van der Waals surface area contributed by atoms with Crippen LogP contribution in [0.1, 0.15) is 19.0 Å². The molecule has 2 aromatic rings. The van der Waals surface area contributed by atoms with Crippen molar-refractivity contribution in [2.75, 3.05) is 6.61 Å².